The van der Waals surface area contributed by atoms with Gasteiger partial charge in [-0.3, -0.25) is 0 Å². The second-order valence-corrected chi connectivity index (χ2v) is 6.57. The molecule has 124 valence electrons. The van der Waals surface area contributed by atoms with E-state index in [-0.39, 0.29) is 0 Å². The van der Waals surface area contributed by atoms with Crippen LogP contribution in [0.25, 0.3) is 11.0 Å². The molecule has 0 aliphatic carbocycles. The van der Waals surface area contributed by atoms with Crippen LogP contribution >= 0.6 is 0 Å². The first-order valence-electron chi connectivity index (χ1n) is 8.40. The van der Waals surface area contributed by atoms with Gasteiger partial charge in [-0.05, 0) is 24.3 Å². The smallest absolute Gasteiger partial charge is 0.171 e. The minimum absolute atomic E-state index is 0.399. The maximum Gasteiger partial charge on any atom is 0.171 e. The van der Waals surface area contributed by atoms with Gasteiger partial charge in [0.1, 0.15) is 5.82 Å². The van der Waals surface area contributed by atoms with Crippen LogP contribution in [0.1, 0.15) is 31.6 Å². The van der Waals surface area contributed by atoms with Gasteiger partial charge in [0.05, 0.1) is 24.2 Å². The van der Waals surface area contributed by atoms with E-state index in [0.717, 1.165) is 36.0 Å². The molecule has 5 nitrogen and oxygen atoms in total. The van der Waals surface area contributed by atoms with Crippen molar-refractivity contribution in [2.45, 2.75) is 25.8 Å². The normalized spacial score (nSPS) is 15.1. The Labute approximate surface area is 141 Å². The quantitative estimate of drug-likeness (QED) is 0.736. The average Bonchev–Trinajstić information content (AvgIpc) is 2.94. The number of nitrogens with zero attached hydrogens (tertiary/aromatic N) is 4. The maximum absolute atomic E-state index is 5.44. The molecule has 0 unspecified atom stereocenters. The molecule has 1 fully saturated rings. The number of imidazole rings is 1. The molecule has 0 saturated carbocycles. The lowest BCUT2D eigenvalue weighted by atomic mass is 10.1. The zero-order chi connectivity index (χ0) is 16.7. The van der Waals surface area contributed by atoms with Gasteiger partial charge in [0, 0.05) is 25.2 Å². The molecule has 5 heteroatoms. The Morgan fingerprint density at radius 3 is 2.67 bits per heavy atom. The summed E-state index contributed by atoms with van der Waals surface area (Å²) in [6, 6.07) is 12.7. The number of aromatic nitrogens is 3. The number of methoxy groups -OCH3 is 1. The molecule has 1 saturated heterocycles. The summed E-state index contributed by atoms with van der Waals surface area (Å²) >= 11 is 0. The fourth-order valence-electron chi connectivity index (χ4n) is 3.42. The van der Waals surface area contributed by atoms with Gasteiger partial charge in [-0.2, -0.15) is 0 Å². The molecule has 2 aromatic heterocycles. The van der Waals surface area contributed by atoms with E-state index in [1.807, 2.05) is 18.3 Å². The number of hydrogen-bond donors (Lipinski definition) is 0. The van der Waals surface area contributed by atoms with E-state index in [1.54, 1.807) is 7.11 Å². The van der Waals surface area contributed by atoms with Gasteiger partial charge in [-0.15, -0.1) is 0 Å². The fraction of sp³-hybridized carbons (Fsp3) is 0.368. The minimum atomic E-state index is 0.399. The third kappa shape index (κ3) is 2.31. The fourth-order valence-corrected chi connectivity index (χ4v) is 3.42. The van der Waals surface area contributed by atoms with Crippen LogP contribution in [0.2, 0.25) is 0 Å². The Bertz CT molecular complexity index is 865. The summed E-state index contributed by atoms with van der Waals surface area (Å²) in [5, 5.41) is 0. The Hall–Kier alpha value is -2.56. The van der Waals surface area contributed by atoms with Crippen LogP contribution in [0.3, 0.4) is 0 Å². The summed E-state index contributed by atoms with van der Waals surface area (Å²) in [6.07, 6.45) is 1.82. The zero-order valence-corrected chi connectivity index (χ0v) is 14.3. The second kappa shape index (κ2) is 5.82. The van der Waals surface area contributed by atoms with Crippen molar-refractivity contribution < 1.29 is 4.74 Å². The van der Waals surface area contributed by atoms with Gasteiger partial charge in [-0.25, -0.2) is 9.97 Å². The lowest BCUT2D eigenvalue weighted by Crippen LogP contribution is -2.48. The van der Waals surface area contributed by atoms with Crippen molar-refractivity contribution in [1.82, 2.24) is 14.5 Å². The van der Waals surface area contributed by atoms with Crippen LogP contribution in [0.15, 0.2) is 42.6 Å². The Morgan fingerprint density at radius 1 is 1.12 bits per heavy atom. The van der Waals surface area contributed by atoms with Crippen LogP contribution in [0.4, 0.5) is 5.82 Å². The van der Waals surface area contributed by atoms with E-state index < -0.39 is 0 Å². The average molecular weight is 322 g/mol. The van der Waals surface area contributed by atoms with Gasteiger partial charge in [0.25, 0.3) is 0 Å². The zero-order valence-electron chi connectivity index (χ0n) is 14.3. The van der Waals surface area contributed by atoms with Crippen LogP contribution < -0.4 is 9.64 Å². The molecular formula is C19H22N4O. The molecule has 3 aromatic rings. The summed E-state index contributed by atoms with van der Waals surface area (Å²) in [4.78, 5) is 11.6. The van der Waals surface area contributed by atoms with Crippen LogP contribution in [-0.2, 0) is 0 Å². The monoisotopic (exact) mass is 322 g/mol. The van der Waals surface area contributed by atoms with Gasteiger partial charge in [-0.1, -0.05) is 26.0 Å². The van der Waals surface area contributed by atoms with Crippen molar-refractivity contribution in [3.8, 4) is 5.75 Å². The molecule has 1 aliphatic heterocycles. The number of para-hydroxylation sites is 2. The summed E-state index contributed by atoms with van der Waals surface area (Å²) in [6.45, 7) is 6.26. The number of ether oxygens (including phenoxy) is 1. The lowest BCUT2D eigenvalue weighted by molar-refractivity contribution is 0.374. The van der Waals surface area contributed by atoms with Crippen LogP contribution in [-0.4, -0.2) is 34.7 Å². The van der Waals surface area contributed by atoms with Crippen molar-refractivity contribution in [2.75, 3.05) is 25.1 Å². The maximum atomic E-state index is 5.44. The Morgan fingerprint density at radius 2 is 1.92 bits per heavy atom. The second-order valence-electron chi connectivity index (χ2n) is 6.57. The number of fused-ring (bicyclic) bond motifs is 1. The highest BCUT2D eigenvalue weighted by Gasteiger charge is 2.33. The van der Waals surface area contributed by atoms with Crippen LogP contribution in [0.5, 0.6) is 5.75 Å². The van der Waals surface area contributed by atoms with Crippen molar-refractivity contribution in [1.29, 1.82) is 0 Å². The minimum Gasteiger partial charge on any atom is -0.493 e. The first kappa shape index (κ1) is 15.0. The largest absolute Gasteiger partial charge is 0.493 e. The first-order valence-corrected chi connectivity index (χ1v) is 8.40. The molecule has 24 heavy (non-hydrogen) atoms. The van der Waals surface area contributed by atoms with E-state index >= 15 is 0 Å². The molecule has 0 spiro atoms. The summed E-state index contributed by atoms with van der Waals surface area (Å²) < 4.78 is 7.85. The predicted molar refractivity (Wildman–Crippen MR) is 95.9 cm³/mol. The van der Waals surface area contributed by atoms with E-state index in [4.69, 9.17) is 9.72 Å². The molecule has 0 atom stereocenters. The molecule has 3 heterocycles. The SMILES string of the molecule is COc1cccnc1N1CC(n2c(C(C)C)nc3ccccc32)C1. The standard InChI is InChI=1S/C19H22N4O/c1-13(2)18-21-15-7-4-5-8-16(15)23(18)14-11-22(12-14)19-17(24-3)9-6-10-20-19/h4-10,13-14H,11-12H2,1-3H3. The van der Waals surface area contributed by atoms with Crippen LogP contribution in [0, 0.1) is 0 Å². The first-order chi connectivity index (χ1) is 11.7. The summed E-state index contributed by atoms with van der Waals surface area (Å²) in [7, 11) is 1.69. The molecular weight excluding hydrogens is 300 g/mol. The number of rotatable bonds is 4. The number of anilines is 1. The van der Waals surface area contributed by atoms with Gasteiger partial charge < -0.3 is 14.2 Å². The number of hydrogen-bond acceptors (Lipinski definition) is 4. The summed E-state index contributed by atoms with van der Waals surface area (Å²) in [5.74, 6) is 3.31. The molecule has 1 aromatic carbocycles. The van der Waals surface area contributed by atoms with E-state index in [2.05, 4.69) is 52.6 Å². The van der Waals surface area contributed by atoms with Gasteiger partial charge >= 0.3 is 0 Å². The molecule has 0 N–H and O–H groups in total. The Balaban J connectivity index is 1.65. The number of benzene rings is 1. The summed E-state index contributed by atoms with van der Waals surface area (Å²) in [5.41, 5.74) is 2.30. The highest BCUT2D eigenvalue weighted by atomic mass is 16.5. The lowest BCUT2D eigenvalue weighted by Gasteiger charge is -2.42. The van der Waals surface area contributed by atoms with Crippen molar-refractivity contribution in [2.24, 2.45) is 0 Å². The van der Waals surface area contributed by atoms with E-state index in [0.29, 0.717) is 12.0 Å². The third-order valence-electron chi connectivity index (χ3n) is 4.64. The van der Waals surface area contributed by atoms with Crippen molar-refractivity contribution in [3.63, 3.8) is 0 Å². The number of pyridine rings is 1. The van der Waals surface area contributed by atoms with Crippen molar-refractivity contribution in [3.05, 3.63) is 48.4 Å². The third-order valence-corrected chi connectivity index (χ3v) is 4.64. The highest BCUT2D eigenvalue weighted by Crippen LogP contribution is 2.36. The predicted octanol–water partition coefficient (Wildman–Crippen LogP) is 3.62. The van der Waals surface area contributed by atoms with Gasteiger partial charge in [0.2, 0.25) is 0 Å². The molecule has 1 aliphatic rings. The Kier molecular flexibility index (Phi) is 3.63. The van der Waals surface area contributed by atoms with Gasteiger partial charge in [0.15, 0.2) is 11.6 Å². The topological polar surface area (TPSA) is 43.2 Å². The molecule has 0 radical (unpaired) electrons. The highest BCUT2D eigenvalue weighted by molar-refractivity contribution is 5.76. The van der Waals surface area contributed by atoms with E-state index in [9.17, 15) is 0 Å². The molecule has 4 rings (SSSR count). The molecule has 0 amide bonds. The van der Waals surface area contributed by atoms with E-state index in [1.165, 1.54) is 5.52 Å². The molecule has 0 bridgehead atoms. The van der Waals surface area contributed by atoms with Crippen molar-refractivity contribution >= 4 is 16.9 Å².